The monoisotopic (exact) mass is 509 g/mol. The van der Waals surface area contributed by atoms with Crippen molar-refractivity contribution in [2.45, 2.75) is 20.0 Å². The van der Waals surface area contributed by atoms with Crippen molar-refractivity contribution in [2.24, 2.45) is 14.1 Å². The Balaban J connectivity index is 1.74. The number of fused-ring (bicyclic) bond motifs is 1. The number of rotatable bonds is 4. The van der Waals surface area contributed by atoms with Gasteiger partial charge in [-0.2, -0.15) is 13.2 Å². The molecule has 4 aromatic heterocycles. The molecule has 0 saturated heterocycles. The number of imidazole rings is 1. The SMILES string of the molecule is Cc1cccc(C)c1Oc1cn(C)c(=O)cc1-c1cn(C)c(=O)c2[nH]c(-c3ncc(C(F)(F)F)[nH]3)cc12. The van der Waals surface area contributed by atoms with Crippen LogP contribution in [0, 0.1) is 13.8 Å². The minimum atomic E-state index is -4.59. The molecule has 11 heteroatoms. The lowest BCUT2D eigenvalue weighted by molar-refractivity contribution is -0.140. The van der Waals surface area contributed by atoms with Crippen molar-refractivity contribution in [1.82, 2.24) is 24.1 Å². The first kappa shape index (κ1) is 24.2. The van der Waals surface area contributed by atoms with Crippen molar-refractivity contribution in [3.05, 3.63) is 86.5 Å². The van der Waals surface area contributed by atoms with E-state index in [1.54, 1.807) is 26.5 Å². The van der Waals surface area contributed by atoms with Crippen molar-refractivity contribution in [2.75, 3.05) is 0 Å². The molecule has 0 atom stereocenters. The van der Waals surface area contributed by atoms with Crippen LogP contribution < -0.4 is 15.9 Å². The molecule has 5 rings (SSSR count). The molecule has 0 spiro atoms. The Hall–Kier alpha value is -4.54. The van der Waals surface area contributed by atoms with Crippen LogP contribution in [0.1, 0.15) is 16.8 Å². The van der Waals surface area contributed by atoms with E-state index in [-0.39, 0.29) is 22.6 Å². The van der Waals surface area contributed by atoms with Gasteiger partial charge < -0.3 is 23.8 Å². The fourth-order valence-electron chi connectivity index (χ4n) is 4.25. The van der Waals surface area contributed by atoms with Crippen LogP contribution in [0.4, 0.5) is 13.2 Å². The third kappa shape index (κ3) is 4.22. The van der Waals surface area contributed by atoms with Gasteiger partial charge in [0.25, 0.3) is 11.1 Å². The van der Waals surface area contributed by atoms with Crippen LogP contribution in [0.25, 0.3) is 33.5 Å². The van der Waals surface area contributed by atoms with Gasteiger partial charge in [-0.15, -0.1) is 0 Å². The van der Waals surface area contributed by atoms with E-state index in [9.17, 15) is 22.8 Å². The molecule has 5 aromatic rings. The summed E-state index contributed by atoms with van der Waals surface area (Å²) in [6, 6.07) is 8.67. The number of aromatic nitrogens is 5. The molecule has 1 aromatic carbocycles. The minimum absolute atomic E-state index is 0.0764. The molecule has 2 N–H and O–H groups in total. The van der Waals surface area contributed by atoms with E-state index in [0.29, 0.717) is 34.2 Å². The van der Waals surface area contributed by atoms with Crippen molar-refractivity contribution in [3.63, 3.8) is 0 Å². The highest BCUT2D eigenvalue weighted by molar-refractivity contribution is 5.98. The van der Waals surface area contributed by atoms with Crippen LogP contribution in [0.15, 0.2) is 58.5 Å². The van der Waals surface area contributed by atoms with Gasteiger partial charge in [0, 0.05) is 42.9 Å². The Bertz CT molecular complexity index is 1770. The maximum absolute atomic E-state index is 13.1. The smallest absolute Gasteiger partial charge is 0.432 e. The Morgan fingerprint density at radius 2 is 1.65 bits per heavy atom. The molecule has 0 fully saturated rings. The van der Waals surface area contributed by atoms with Gasteiger partial charge in [-0.1, -0.05) is 18.2 Å². The van der Waals surface area contributed by atoms with E-state index in [1.807, 2.05) is 32.0 Å². The van der Waals surface area contributed by atoms with E-state index in [2.05, 4.69) is 15.0 Å². The summed E-state index contributed by atoms with van der Waals surface area (Å²) in [6.45, 7) is 3.82. The summed E-state index contributed by atoms with van der Waals surface area (Å²) in [5.41, 5.74) is 1.34. The number of nitrogens with one attached hydrogen (secondary N) is 2. The highest BCUT2D eigenvalue weighted by Gasteiger charge is 2.33. The van der Waals surface area contributed by atoms with Gasteiger partial charge in [-0.05, 0) is 31.0 Å². The van der Waals surface area contributed by atoms with Gasteiger partial charge in [0.05, 0.1) is 18.1 Å². The molecular formula is C26H22F3N5O3. The molecule has 0 unspecified atom stereocenters. The molecule has 0 saturated carbocycles. The molecule has 0 radical (unpaired) electrons. The number of halogens is 3. The van der Waals surface area contributed by atoms with Crippen LogP contribution in [-0.4, -0.2) is 24.1 Å². The number of pyridine rings is 2. The van der Waals surface area contributed by atoms with Crippen molar-refractivity contribution >= 4 is 10.9 Å². The minimum Gasteiger partial charge on any atom is -0.455 e. The van der Waals surface area contributed by atoms with Crippen LogP contribution in [0.2, 0.25) is 0 Å². The first-order valence-electron chi connectivity index (χ1n) is 11.2. The first-order valence-corrected chi connectivity index (χ1v) is 11.2. The molecule has 4 heterocycles. The standard InChI is InChI=1S/C26H22F3N5O3/c1-13-6-5-7-14(2)23(13)37-19-12-33(3)21(35)9-15(19)17-11-34(4)25(36)22-16(17)8-18(31-22)24-30-10-20(32-24)26(27,28)29/h5-12,31H,1-4H3,(H,30,32). The predicted molar refractivity (Wildman–Crippen MR) is 133 cm³/mol. The van der Waals surface area contributed by atoms with E-state index in [4.69, 9.17) is 4.74 Å². The molecule has 0 bridgehead atoms. The van der Waals surface area contributed by atoms with E-state index < -0.39 is 17.4 Å². The zero-order valence-electron chi connectivity index (χ0n) is 20.3. The maximum atomic E-state index is 13.1. The van der Waals surface area contributed by atoms with E-state index >= 15 is 0 Å². The number of aromatic amines is 2. The third-order valence-corrected chi connectivity index (χ3v) is 6.20. The first-order chi connectivity index (χ1) is 17.4. The number of benzene rings is 1. The Morgan fingerprint density at radius 3 is 2.30 bits per heavy atom. The van der Waals surface area contributed by atoms with Crippen LogP contribution >= 0.6 is 0 Å². The highest BCUT2D eigenvalue weighted by Crippen LogP contribution is 2.38. The summed E-state index contributed by atoms with van der Waals surface area (Å²) >= 11 is 0. The fourth-order valence-corrected chi connectivity index (χ4v) is 4.25. The number of ether oxygens (including phenoxy) is 1. The maximum Gasteiger partial charge on any atom is 0.432 e. The van der Waals surface area contributed by atoms with Crippen LogP contribution in [0.5, 0.6) is 11.5 Å². The Labute approximate surface area is 208 Å². The number of para-hydroxylation sites is 1. The largest absolute Gasteiger partial charge is 0.455 e. The second-order valence-electron chi connectivity index (χ2n) is 8.90. The Kier molecular flexibility index (Phi) is 5.58. The van der Waals surface area contributed by atoms with E-state index in [1.165, 1.54) is 21.3 Å². The summed E-state index contributed by atoms with van der Waals surface area (Å²) < 4.78 is 48.3. The number of nitrogens with zero attached hydrogens (tertiary/aromatic N) is 3. The molecule has 8 nitrogen and oxygen atoms in total. The van der Waals surface area contributed by atoms with Crippen molar-refractivity contribution in [3.8, 4) is 34.1 Å². The zero-order chi connectivity index (χ0) is 26.6. The molecule has 0 aliphatic rings. The number of aryl methyl sites for hydroxylation is 4. The van der Waals surface area contributed by atoms with Gasteiger partial charge in [0.2, 0.25) is 0 Å². The summed E-state index contributed by atoms with van der Waals surface area (Å²) in [6.07, 6.45) is -0.770. The number of hydrogen-bond donors (Lipinski definition) is 2. The Morgan fingerprint density at radius 1 is 0.946 bits per heavy atom. The van der Waals surface area contributed by atoms with Gasteiger partial charge in [-0.3, -0.25) is 9.59 Å². The predicted octanol–water partition coefficient (Wildman–Crippen LogP) is 5.05. The summed E-state index contributed by atoms with van der Waals surface area (Å²) in [7, 11) is 3.15. The van der Waals surface area contributed by atoms with E-state index in [0.717, 1.165) is 11.1 Å². The number of hydrogen-bond acceptors (Lipinski definition) is 4. The molecule has 0 aliphatic carbocycles. The van der Waals surface area contributed by atoms with Crippen molar-refractivity contribution in [1.29, 1.82) is 0 Å². The van der Waals surface area contributed by atoms with Gasteiger partial charge >= 0.3 is 6.18 Å². The lowest BCUT2D eigenvalue weighted by Crippen LogP contribution is -2.18. The van der Waals surface area contributed by atoms with Gasteiger partial charge in [-0.25, -0.2) is 4.98 Å². The normalized spacial score (nSPS) is 11.9. The fraction of sp³-hybridized carbons (Fsp3) is 0.192. The lowest BCUT2D eigenvalue weighted by Gasteiger charge is -2.17. The summed E-state index contributed by atoms with van der Waals surface area (Å²) in [4.78, 5) is 34.6. The average Bonchev–Trinajstić information content (AvgIpc) is 3.49. The van der Waals surface area contributed by atoms with Gasteiger partial charge in [0.15, 0.2) is 11.6 Å². The summed E-state index contributed by atoms with van der Waals surface area (Å²) in [5.74, 6) is 0.931. The molecular weight excluding hydrogens is 487 g/mol. The molecule has 190 valence electrons. The van der Waals surface area contributed by atoms with Gasteiger partial charge in [0.1, 0.15) is 17.0 Å². The van der Waals surface area contributed by atoms with Crippen LogP contribution in [0.3, 0.4) is 0 Å². The summed E-state index contributed by atoms with van der Waals surface area (Å²) in [5, 5.41) is 0.405. The zero-order valence-corrected chi connectivity index (χ0v) is 20.3. The second-order valence-corrected chi connectivity index (χ2v) is 8.90. The topological polar surface area (TPSA) is 97.7 Å². The molecule has 0 aliphatic heterocycles. The second kappa shape index (κ2) is 8.54. The number of H-pyrrole nitrogens is 2. The quantitative estimate of drug-likeness (QED) is 0.354. The van der Waals surface area contributed by atoms with Crippen molar-refractivity contribution < 1.29 is 17.9 Å². The average molecular weight is 509 g/mol. The molecule has 0 amide bonds. The third-order valence-electron chi connectivity index (χ3n) is 6.20. The lowest BCUT2D eigenvalue weighted by atomic mass is 10.0. The highest BCUT2D eigenvalue weighted by atomic mass is 19.4. The van der Waals surface area contributed by atoms with Crippen LogP contribution in [-0.2, 0) is 20.3 Å². The number of alkyl halides is 3. The molecule has 37 heavy (non-hydrogen) atoms.